The Morgan fingerprint density at radius 3 is 2.58 bits per heavy atom. The van der Waals surface area contributed by atoms with Crippen LogP contribution in [0.3, 0.4) is 0 Å². The average Bonchev–Trinajstić information content (AvgIpc) is 3.51. The van der Waals surface area contributed by atoms with Crippen LogP contribution in [0.4, 0.5) is 19.0 Å². The van der Waals surface area contributed by atoms with Crippen molar-refractivity contribution >= 4 is 44.6 Å². The Morgan fingerprint density at radius 2 is 1.85 bits per heavy atom. The van der Waals surface area contributed by atoms with Gasteiger partial charge in [0.15, 0.2) is 17.2 Å². The van der Waals surface area contributed by atoms with Gasteiger partial charge in [0.1, 0.15) is 27.8 Å². The number of alkyl halides is 2. The van der Waals surface area contributed by atoms with Crippen LogP contribution in [0.15, 0.2) is 71.1 Å². The normalized spacial score (nSPS) is 12.4. The molecule has 0 saturated carbocycles. The van der Waals surface area contributed by atoms with E-state index in [1.54, 1.807) is 10.1 Å². The van der Waals surface area contributed by atoms with Crippen LogP contribution in [0.2, 0.25) is 5.15 Å². The standard InChI is InChI=1S/C27H18ClF3N6O2S/c1-13(16-10-20-36(19(28)11-40-20)26(38)21(16)14-5-3-2-4-6-14)37-25-22(24(32)33-12-34-25)23(35-37)15-7-8-18(17(29)9-15)39-27(30)31/h2-13,27H,1H3,(H2,32,33,34)/t13-/m0/s1. The molecule has 4 aromatic heterocycles. The molecule has 40 heavy (non-hydrogen) atoms. The molecule has 2 aromatic carbocycles. The zero-order valence-electron chi connectivity index (χ0n) is 20.6. The summed E-state index contributed by atoms with van der Waals surface area (Å²) in [5, 5.41) is 7.06. The molecule has 0 amide bonds. The highest BCUT2D eigenvalue weighted by Gasteiger charge is 2.26. The van der Waals surface area contributed by atoms with Gasteiger partial charge in [0.2, 0.25) is 0 Å². The fraction of sp³-hybridized carbons (Fsp3) is 0.111. The Morgan fingerprint density at radius 1 is 1.07 bits per heavy atom. The number of nitrogen functional groups attached to an aromatic ring is 1. The van der Waals surface area contributed by atoms with E-state index >= 15 is 0 Å². The molecule has 13 heteroatoms. The Hall–Kier alpha value is -4.42. The Balaban J connectivity index is 1.58. The lowest BCUT2D eigenvalue weighted by molar-refractivity contribution is -0.0521. The number of fused-ring (bicyclic) bond motifs is 2. The van der Waals surface area contributed by atoms with Crippen LogP contribution in [0.25, 0.3) is 38.2 Å². The van der Waals surface area contributed by atoms with Crippen LogP contribution in [-0.4, -0.2) is 30.8 Å². The van der Waals surface area contributed by atoms with Gasteiger partial charge >= 0.3 is 6.61 Å². The molecule has 4 heterocycles. The maximum Gasteiger partial charge on any atom is 0.387 e. The van der Waals surface area contributed by atoms with Crippen LogP contribution in [0.1, 0.15) is 18.5 Å². The number of anilines is 1. The van der Waals surface area contributed by atoms with Crippen molar-refractivity contribution < 1.29 is 17.9 Å². The fourth-order valence-corrected chi connectivity index (χ4v) is 5.88. The molecule has 202 valence electrons. The van der Waals surface area contributed by atoms with Crippen molar-refractivity contribution in [2.45, 2.75) is 19.6 Å². The van der Waals surface area contributed by atoms with E-state index in [-0.39, 0.29) is 22.6 Å². The highest BCUT2D eigenvalue weighted by Crippen LogP contribution is 2.37. The summed E-state index contributed by atoms with van der Waals surface area (Å²) in [4.78, 5) is 22.9. The van der Waals surface area contributed by atoms with Crippen molar-refractivity contribution in [2.24, 2.45) is 0 Å². The summed E-state index contributed by atoms with van der Waals surface area (Å²) in [7, 11) is 0. The van der Waals surface area contributed by atoms with Crippen molar-refractivity contribution in [3.05, 3.63) is 93.2 Å². The summed E-state index contributed by atoms with van der Waals surface area (Å²) >= 11 is 7.67. The predicted molar refractivity (Wildman–Crippen MR) is 148 cm³/mol. The largest absolute Gasteiger partial charge is 0.432 e. The van der Waals surface area contributed by atoms with Crippen molar-refractivity contribution in [3.63, 3.8) is 0 Å². The quantitative estimate of drug-likeness (QED) is 0.243. The smallest absolute Gasteiger partial charge is 0.387 e. The van der Waals surface area contributed by atoms with Crippen LogP contribution in [-0.2, 0) is 0 Å². The zero-order valence-corrected chi connectivity index (χ0v) is 22.1. The lowest BCUT2D eigenvalue weighted by Gasteiger charge is -2.18. The van der Waals surface area contributed by atoms with Crippen molar-refractivity contribution in [2.75, 3.05) is 5.73 Å². The molecule has 0 fully saturated rings. The number of benzene rings is 2. The van der Waals surface area contributed by atoms with Gasteiger partial charge in [0.05, 0.1) is 17.0 Å². The maximum absolute atomic E-state index is 14.7. The molecule has 6 rings (SSSR count). The molecule has 0 bridgehead atoms. The molecule has 0 unspecified atom stereocenters. The summed E-state index contributed by atoms with van der Waals surface area (Å²) in [5.74, 6) is -1.50. The van der Waals surface area contributed by atoms with Crippen LogP contribution < -0.4 is 16.0 Å². The molecule has 0 aliphatic rings. The number of hydrogen-bond donors (Lipinski definition) is 1. The van der Waals surface area contributed by atoms with E-state index < -0.39 is 24.2 Å². The van der Waals surface area contributed by atoms with Gasteiger partial charge in [-0.15, -0.1) is 11.3 Å². The minimum absolute atomic E-state index is 0.0932. The number of nitrogens with zero attached hydrogens (tertiary/aromatic N) is 5. The Bertz CT molecular complexity index is 1960. The van der Waals surface area contributed by atoms with E-state index in [2.05, 4.69) is 14.7 Å². The summed E-state index contributed by atoms with van der Waals surface area (Å²) in [6, 6.07) is 14.0. The van der Waals surface area contributed by atoms with E-state index in [1.165, 1.54) is 28.1 Å². The molecular formula is C27H18ClF3N6O2S. The molecule has 6 aromatic rings. The number of nitrogens with two attached hydrogens (primary N) is 1. The third-order valence-electron chi connectivity index (χ3n) is 6.51. The molecule has 0 spiro atoms. The highest BCUT2D eigenvalue weighted by molar-refractivity contribution is 7.16. The van der Waals surface area contributed by atoms with Gasteiger partial charge in [0.25, 0.3) is 5.56 Å². The van der Waals surface area contributed by atoms with E-state index in [1.807, 2.05) is 43.3 Å². The number of aromatic nitrogens is 5. The van der Waals surface area contributed by atoms with E-state index in [9.17, 15) is 18.0 Å². The van der Waals surface area contributed by atoms with Gasteiger partial charge in [-0.2, -0.15) is 13.9 Å². The summed E-state index contributed by atoms with van der Waals surface area (Å²) in [6.07, 6.45) is 1.28. The molecule has 8 nitrogen and oxygen atoms in total. The summed E-state index contributed by atoms with van der Waals surface area (Å²) in [5.41, 5.74) is 8.51. The third-order valence-corrected chi connectivity index (χ3v) is 7.80. The monoisotopic (exact) mass is 582 g/mol. The lowest BCUT2D eigenvalue weighted by atomic mass is 9.97. The Labute approximate surface area is 233 Å². The molecule has 0 aliphatic carbocycles. The molecule has 0 aliphatic heterocycles. The van der Waals surface area contributed by atoms with E-state index in [4.69, 9.17) is 22.4 Å². The van der Waals surface area contributed by atoms with Crippen LogP contribution >= 0.6 is 22.9 Å². The molecule has 2 N–H and O–H groups in total. The number of thiazole rings is 1. The summed E-state index contributed by atoms with van der Waals surface area (Å²) < 4.78 is 47.2. The van der Waals surface area contributed by atoms with Crippen LogP contribution in [0, 0.1) is 5.82 Å². The molecule has 1 atom stereocenters. The van der Waals surface area contributed by atoms with E-state index in [0.717, 1.165) is 12.1 Å². The average molecular weight is 583 g/mol. The van der Waals surface area contributed by atoms with Crippen molar-refractivity contribution in [1.29, 1.82) is 0 Å². The number of rotatable bonds is 6. The minimum atomic E-state index is -3.18. The number of ether oxygens (including phenoxy) is 1. The first-order chi connectivity index (χ1) is 19.2. The van der Waals surface area contributed by atoms with Crippen molar-refractivity contribution in [1.82, 2.24) is 24.1 Å². The molecule has 0 saturated heterocycles. The van der Waals surface area contributed by atoms with Gasteiger partial charge in [-0.25, -0.2) is 19.0 Å². The first-order valence-electron chi connectivity index (χ1n) is 11.9. The SMILES string of the molecule is C[C@@H](c1cc2scc(Cl)n2c(=O)c1-c1ccccc1)n1nc(-c2ccc(OC(F)F)c(F)c2)c2c(N)ncnc21. The first-order valence-corrected chi connectivity index (χ1v) is 13.1. The van der Waals surface area contributed by atoms with Gasteiger partial charge in [-0.05, 0) is 42.3 Å². The predicted octanol–water partition coefficient (Wildman–Crippen LogP) is 6.42. The number of pyridine rings is 1. The zero-order chi connectivity index (χ0) is 28.1. The second-order valence-corrected chi connectivity index (χ2v) is 10.1. The second kappa shape index (κ2) is 9.96. The third kappa shape index (κ3) is 4.25. The van der Waals surface area contributed by atoms with Gasteiger partial charge in [0, 0.05) is 10.9 Å². The van der Waals surface area contributed by atoms with Crippen molar-refractivity contribution in [3.8, 4) is 28.1 Å². The number of halogens is 4. The second-order valence-electron chi connectivity index (χ2n) is 8.83. The van der Waals surface area contributed by atoms with Gasteiger partial charge < -0.3 is 10.5 Å². The topological polar surface area (TPSA) is 100 Å². The molecular weight excluding hydrogens is 565 g/mol. The highest BCUT2D eigenvalue weighted by atomic mass is 35.5. The summed E-state index contributed by atoms with van der Waals surface area (Å²) in [6.45, 7) is -1.33. The Kier molecular flexibility index (Phi) is 6.43. The number of hydrogen-bond acceptors (Lipinski definition) is 7. The maximum atomic E-state index is 14.7. The first kappa shape index (κ1) is 25.8. The van der Waals surface area contributed by atoms with Gasteiger partial charge in [-0.3, -0.25) is 9.20 Å². The molecule has 0 radical (unpaired) electrons. The van der Waals surface area contributed by atoms with E-state index in [0.29, 0.717) is 37.7 Å². The lowest BCUT2D eigenvalue weighted by Crippen LogP contribution is -2.20. The fourth-order valence-electron chi connectivity index (χ4n) is 4.72. The van der Waals surface area contributed by atoms with Gasteiger partial charge in [-0.1, -0.05) is 41.9 Å². The minimum Gasteiger partial charge on any atom is -0.432 e. The van der Waals surface area contributed by atoms with Crippen LogP contribution in [0.5, 0.6) is 5.75 Å².